The number of carbonyl (C=O) groups excluding carboxylic acids is 1. The minimum Gasteiger partial charge on any atom is -0.299 e. The molecule has 168 valence electrons. The van der Waals surface area contributed by atoms with Crippen molar-refractivity contribution in [3.63, 3.8) is 0 Å². The molecule has 3 rings (SSSR count). The molecule has 1 N–H and O–H groups in total. The van der Waals surface area contributed by atoms with Gasteiger partial charge in [0.25, 0.3) is 5.69 Å². The van der Waals surface area contributed by atoms with E-state index < -0.39 is 10.0 Å². The molecule has 0 spiro atoms. The van der Waals surface area contributed by atoms with E-state index >= 15 is 0 Å². The topological polar surface area (TPSA) is 110 Å². The highest BCUT2D eigenvalue weighted by Gasteiger charge is 2.19. The summed E-state index contributed by atoms with van der Waals surface area (Å²) in [5.41, 5.74) is 2.73. The van der Waals surface area contributed by atoms with Gasteiger partial charge in [-0.25, -0.2) is 13.1 Å². The molecule has 0 aromatic heterocycles. The van der Waals surface area contributed by atoms with Crippen molar-refractivity contribution >= 4 is 33.9 Å². The lowest BCUT2D eigenvalue weighted by molar-refractivity contribution is -0.385. The van der Waals surface area contributed by atoms with Crippen molar-refractivity contribution in [2.24, 2.45) is 0 Å². The van der Waals surface area contributed by atoms with Crippen molar-refractivity contribution in [2.45, 2.75) is 37.6 Å². The Hall–Kier alpha value is -2.33. The summed E-state index contributed by atoms with van der Waals surface area (Å²) >= 11 is 0. The third-order valence-electron chi connectivity index (χ3n) is 5.26. The minimum absolute atomic E-state index is 0. The number of unbranched alkanes of at least 4 members (excludes halogenated alkanes) is 1. The number of fused-ring (bicyclic) bond motifs is 1. The number of hydrogen-bond donors (Lipinski definition) is 1. The van der Waals surface area contributed by atoms with Crippen LogP contribution in [-0.4, -0.2) is 43.7 Å². The van der Waals surface area contributed by atoms with Gasteiger partial charge in [-0.1, -0.05) is 18.2 Å². The van der Waals surface area contributed by atoms with Gasteiger partial charge in [0.2, 0.25) is 10.0 Å². The van der Waals surface area contributed by atoms with E-state index in [0.29, 0.717) is 25.1 Å². The molecule has 1 aliphatic heterocycles. The lowest BCUT2D eigenvalue weighted by Gasteiger charge is -2.28. The number of benzene rings is 2. The van der Waals surface area contributed by atoms with Gasteiger partial charge in [0.05, 0.1) is 9.82 Å². The molecule has 10 heteroatoms. The van der Waals surface area contributed by atoms with Crippen LogP contribution in [0.3, 0.4) is 0 Å². The second-order valence-electron chi connectivity index (χ2n) is 7.42. The van der Waals surface area contributed by atoms with Crippen LogP contribution in [0.2, 0.25) is 0 Å². The summed E-state index contributed by atoms with van der Waals surface area (Å²) in [5, 5.41) is 11.0. The summed E-state index contributed by atoms with van der Waals surface area (Å²) in [6.07, 6.45) is 2.36. The normalized spacial score (nSPS) is 13.8. The molecule has 0 saturated heterocycles. The summed E-state index contributed by atoms with van der Waals surface area (Å²) < 4.78 is 27.3. The molecular formula is C21H26ClN3O5S. The number of nitro groups is 1. The van der Waals surface area contributed by atoms with Gasteiger partial charge in [-0.15, -0.1) is 12.4 Å². The van der Waals surface area contributed by atoms with E-state index in [-0.39, 0.29) is 33.7 Å². The smallest absolute Gasteiger partial charge is 0.269 e. The Labute approximate surface area is 188 Å². The van der Waals surface area contributed by atoms with Crippen molar-refractivity contribution in [1.29, 1.82) is 0 Å². The molecule has 0 radical (unpaired) electrons. The van der Waals surface area contributed by atoms with E-state index in [1.165, 1.54) is 31.2 Å². The van der Waals surface area contributed by atoms with E-state index in [1.54, 1.807) is 12.1 Å². The molecule has 31 heavy (non-hydrogen) atoms. The van der Waals surface area contributed by atoms with Crippen molar-refractivity contribution < 1.29 is 18.1 Å². The number of Topliss-reactive ketones (excluding diaryl/α,β-unsaturated/α-hetero) is 1. The van der Waals surface area contributed by atoms with E-state index in [1.807, 2.05) is 6.07 Å². The van der Waals surface area contributed by atoms with Gasteiger partial charge in [0.15, 0.2) is 5.78 Å². The molecule has 0 saturated carbocycles. The Morgan fingerprint density at radius 2 is 1.84 bits per heavy atom. The summed E-state index contributed by atoms with van der Waals surface area (Å²) in [6, 6.07) is 10.9. The molecule has 0 amide bonds. The van der Waals surface area contributed by atoms with Crippen molar-refractivity contribution in [3.8, 4) is 0 Å². The van der Waals surface area contributed by atoms with Crippen molar-refractivity contribution in [1.82, 2.24) is 9.62 Å². The van der Waals surface area contributed by atoms with Crippen LogP contribution in [0, 0.1) is 10.1 Å². The first-order valence-electron chi connectivity index (χ1n) is 9.85. The van der Waals surface area contributed by atoms with Crippen molar-refractivity contribution in [2.75, 3.05) is 19.6 Å². The summed E-state index contributed by atoms with van der Waals surface area (Å²) in [6.45, 7) is 4.12. The Kier molecular flexibility index (Phi) is 8.69. The quantitative estimate of drug-likeness (QED) is 0.262. The Morgan fingerprint density at radius 1 is 1.13 bits per heavy atom. The van der Waals surface area contributed by atoms with E-state index in [9.17, 15) is 23.3 Å². The molecule has 1 heterocycles. The van der Waals surface area contributed by atoms with Crippen LogP contribution in [0.4, 0.5) is 5.69 Å². The largest absolute Gasteiger partial charge is 0.299 e. The first-order valence-corrected chi connectivity index (χ1v) is 11.3. The molecular weight excluding hydrogens is 442 g/mol. The van der Waals surface area contributed by atoms with Crippen LogP contribution < -0.4 is 4.72 Å². The standard InChI is InChI=1S/C21H25N3O5S.ClH/c1-16(25)17-5-8-21(9-6-17)30(28,29)22-11-2-3-12-23-13-10-18-4-7-20(24(26)27)14-19(18)15-23;/h4-9,14,22H,2-3,10-13,15H2,1H3;1H. The fraction of sp³-hybridized carbons (Fsp3) is 0.381. The SMILES string of the molecule is CC(=O)c1ccc(S(=O)(=O)NCCCCN2CCc3ccc([N+](=O)[O-])cc3C2)cc1.Cl. The fourth-order valence-corrected chi connectivity index (χ4v) is 4.60. The number of halogens is 1. The average Bonchev–Trinajstić information content (AvgIpc) is 2.72. The predicted octanol–water partition coefficient (Wildman–Crippen LogP) is 3.34. The molecule has 0 atom stereocenters. The van der Waals surface area contributed by atoms with Crippen LogP contribution in [0.25, 0.3) is 0 Å². The fourth-order valence-electron chi connectivity index (χ4n) is 3.53. The Morgan fingerprint density at radius 3 is 2.48 bits per heavy atom. The van der Waals surface area contributed by atoms with Gasteiger partial charge >= 0.3 is 0 Å². The maximum Gasteiger partial charge on any atom is 0.269 e. The van der Waals surface area contributed by atoms with E-state index in [0.717, 1.165) is 37.1 Å². The van der Waals surface area contributed by atoms with Crippen LogP contribution in [0.1, 0.15) is 41.3 Å². The monoisotopic (exact) mass is 467 g/mol. The number of sulfonamides is 1. The molecule has 0 aliphatic carbocycles. The number of hydrogen-bond acceptors (Lipinski definition) is 6. The van der Waals surface area contributed by atoms with Gasteiger partial charge in [-0.2, -0.15) is 0 Å². The first kappa shape index (κ1) is 24.9. The lowest BCUT2D eigenvalue weighted by atomic mass is 9.99. The summed E-state index contributed by atoms with van der Waals surface area (Å²) in [7, 11) is -3.60. The molecule has 2 aromatic carbocycles. The Balaban J connectivity index is 0.00000341. The van der Waals surface area contributed by atoms with Crippen LogP contribution >= 0.6 is 12.4 Å². The van der Waals surface area contributed by atoms with Gasteiger partial charge in [0, 0.05) is 37.3 Å². The lowest BCUT2D eigenvalue weighted by Crippen LogP contribution is -2.32. The van der Waals surface area contributed by atoms with Crippen molar-refractivity contribution in [3.05, 3.63) is 69.3 Å². The third-order valence-corrected chi connectivity index (χ3v) is 6.73. The number of ketones is 1. The number of non-ortho nitro benzene ring substituents is 1. The van der Waals surface area contributed by atoms with Gasteiger partial charge in [-0.05, 0) is 56.0 Å². The third kappa shape index (κ3) is 6.57. The molecule has 0 unspecified atom stereocenters. The number of carbonyl (C=O) groups is 1. The van der Waals surface area contributed by atoms with Crippen LogP contribution in [-0.2, 0) is 23.0 Å². The second-order valence-corrected chi connectivity index (χ2v) is 9.19. The maximum atomic E-state index is 12.3. The second kappa shape index (κ2) is 10.8. The zero-order chi connectivity index (χ0) is 21.7. The zero-order valence-electron chi connectivity index (χ0n) is 17.2. The highest BCUT2D eigenvalue weighted by Crippen LogP contribution is 2.24. The highest BCUT2D eigenvalue weighted by atomic mass is 35.5. The van der Waals surface area contributed by atoms with Crippen LogP contribution in [0.15, 0.2) is 47.4 Å². The average molecular weight is 468 g/mol. The maximum absolute atomic E-state index is 12.3. The van der Waals surface area contributed by atoms with E-state index in [4.69, 9.17) is 0 Å². The highest BCUT2D eigenvalue weighted by molar-refractivity contribution is 7.89. The molecule has 1 aliphatic rings. The Bertz CT molecular complexity index is 1040. The predicted molar refractivity (Wildman–Crippen MR) is 120 cm³/mol. The number of rotatable bonds is 9. The number of nitrogens with zero attached hydrogens (tertiary/aromatic N) is 2. The molecule has 8 nitrogen and oxygen atoms in total. The van der Waals surface area contributed by atoms with E-state index in [2.05, 4.69) is 9.62 Å². The van der Waals surface area contributed by atoms with Crippen LogP contribution in [0.5, 0.6) is 0 Å². The van der Waals surface area contributed by atoms with Gasteiger partial charge < -0.3 is 0 Å². The van der Waals surface area contributed by atoms with Gasteiger partial charge in [0.1, 0.15) is 0 Å². The number of nitro benzene ring substituents is 1. The zero-order valence-corrected chi connectivity index (χ0v) is 18.9. The molecule has 0 fully saturated rings. The molecule has 2 aromatic rings. The minimum atomic E-state index is -3.60. The summed E-state index contributed by atoms with van der Waals surface area (Å²) in [5.74, 6) is -0.109. The van der Waals surface area contributed by atoms with Gasteiger partial charge in [-0.3, -0.25) is 19.8 Å². The number of nitrogens with one attached hydrogen (secondary N) is 1. The summed E-state index contributed by atoms with van der Waals surface area (Å²) in [4.78, 5) is 24.3. The molecule has 0 bridgehead atoms. The first-order chi connectivity index (χ1) is 14.3.